The second kappa shape index (κ2) is 10.2. The summed E-state index contributed by atoms with van der Waals surface area (Å²) in [5, 5.41) is 6.82. The quantitative estimate of drug-likeness (QED) is 0.339. The predicted octanol–water partition coefficient (Wildman–Crippen LogP) is 5.31. The number of nitrogens with zero attached hydrogens (tertiary/aromatic N) is 4. The van der Waals surface area contributed by atoms with Gasteiger partial charge >= 0.3 is 6.03 Å². The lowest BCUT2D eigenvalue weighted by Crippen LogP contribution is -2.46. The number of benzene rings is 1. The van der Waals surface area contributed by atoms with Gasteiger partial charge in [-0.1, -0.05) is 12.1 Å². The number of hydrogen-bond donors (Lipinski definition) is 2. The Labute approximate surface area is 229 Å². The molecule has 0 aliphatic carbocycles. The van der Waals surface area contributed by atoms with E-state index in [9.17, 15) is 9.59 Å². The van der Waals surface area contributed by atoms with Gasteiger partial charge in [0, 0.05) is 18.8 Å². The number of likely N-dealkylation sites (N-methyl/N-ethyl adjacent to an activating group) is 1. The minimum absolute atomic E-state index is 0.0697. The number of rotatable bonds is 6. The smallest absolute Gasteiger partial charge is 0.332 e. The van der Waals surface area contributed by atoms with Gasteiger partial charge in [0.1, 0.15) is 21.3 Å². The number of para-hydroxylation sites is 2. The van der Waals surface area contributed by atoms with Crippen LogP contribution in [-0.4, -0.2) is 60.1 Å². The Bertz CT molecular complexity index is 1590. The van der Waals surface area contributed by atoms with Crippen molar-refractivity contribution in [2.45, 2.75) is 25.8 Å². The van der Waals surface area contributed by atoms with E-state index in [1.54, 1.807) is 25.6 Å². The third-order valence-electron chi connectivity index (χ3n) is 6.95. The lowest BCUT2D eigenvalue weighted by molar-refractivity contribution is 0.0917. The third kappa shape index (κ3) is 4.64. The first-order valence-electron chi connectivity index (χ1n) is 12.7. The van der Waals surface area contributed by atoms with Gasteiger partial charge in [0.15, 0.2) is 11.5 Å². The van der Waals surface area contributed by atoms with Crippen LogP contribution in [0.4, 0.5) is 22.0 Å². The second-order valence-corrected chi connectivity index (χ2v) is 10.7. The lowest BCUT2D eigenvalue weighted by atomic mass is 10.1. The van der Waals surface area contributed by atoms with Crippen LogP contribution in [0.3, 0.4) is 0 Å². The first-order valence-corrected chi connectivity index (χ1v) is 13.5. The van der Waals surface area contributed by atoms with E-state index >= 15 is 0 Å². The van der Waals surface area contributed by atoms with Gasteiger partial charge in [-0.3, -0.25) is 4.79 Å². The summed E-state index contributed by atoms with van der Waals surface area (Å²) in [6.45, 7) is 3.70. The molecule has 11 heteroatoms. The van der Waals surface area contributed by atoms with Crippen LogP contribution in [0.1, 0.15) is 28.1 Å². The Morgan fingerprint density at radius 1 is 1.21 bits per heavy atom. The SMILES string of the molecule is COc1ccccc1Oc1cnc(N2C(=O)Nc3c(C(=O)NC4CCCN(C)C4)sc4nccc2c34)c(C)c1. The topological polar surface area (TPSA) is 109 Å². The van der Waals surface area contributed by atoms with E-state index in [1.165, 1.54) is 16.2 Å². The van der Waals surface area contributed by atoms with Crippen molar-refractivity contribution in [1.29, 1.82) is 0 Å². The van der Waals surface area contributed by atoms with Crippen LogP contribution in [0.25, 0.3) is 10.2 Å². The van der Waals surface area contributed by atoms with Crippen LogP contribution >= 0.6 is 11.3 Å². The zero-order valence-corrected chi connectivity index (χ0v) is 22.7. The van der Waals surface area contributed by atoms with E-state index in [2.05, 4.69) is 32.5 Å². The summed E-state index contributed by atoms with van der Waals surface area (Å²) in [7, 11) is 3.64. The fraction of sp³-hybridized carbons (Fsp3) is 0.286. The number of urea groups is 1. The van der Waals surface area contributed by atoms with Crippen LogP contribution in [0.5, 0.6) is 17.2 Å². The van der Waals surface area contributed by atoms with Crippen molar-refractivity contribution in [2.75, 3.05) is 37.5 Å². The zero-order valence-electron chi connectivity index (χ0n) is 21.9. The van der Waals surface area contributed by atoms with E-state index in [1.807, 2.05) is 37.3 Å². The molecule has 3 aromatic heterocycles. The predicted molar refractivity (Wildman–Crippen MR) is 151 cm³/mol. The first-order chi connectivity index (χ1) is 18.9. The molecule has 1 unspecified atom stereocenters. The van der Waals surface area contributed by atoms with E-state index in [0.29, 0.717) is 44.1 Å². The number of pyridine rings is 2. The number of aryl methyl sites for hydroxylation is 1. The molecule has 0 spiro atoms. The van der Waals surface area contributed by atoms with Gasteiger partial charge in [-0.15, -0.1) is 11.3 Å². The largest absolute Gasteiger partial charge is 0.493 e. The summed E-state index contributed by atoms with van der Waals surface area (Å²) >= 11 is 1.28. The molecule has 39 heavy (non-hydrogen) atoms. The number of thiophene rings is 1. The maximum Gasteiger partial charge on any atom is 0.332 e. The average Bonchev–Trinajstić information content (AvgIpc) is 3.29. The molecule has 0 bridgehead atoms. The van der Waals surface area contributed by atoms with Gasteiger partial charge in [-0.05, 0) is 63.2 Å². The molecule has 2 aliphatic rings. The van der Waals surface area contributed by atoms with Crippen molar-refractivity contribution in [3.8, 4) is 17.2 Å². The highest BCUT2D eigenvalue weighted by atomic mass is 32.1. The molecule has 0 saturated carbocycles. The fourth-order valence-electron chi connectivity index (χ4n) is 5.15. The molecule has 1 aromatic carbocycles. The Balaban J connectivity index is 1.32. The maximum atomic E-state index is 13.5. The number of piperidine rings is 1. The second-order valence-electron chi connectivity index (χ2n) is 9.72. The molecule has 6 rings (SSSR count). The van der Waals surface area contributed by atoms with Gasteiger partial charge in [0.25, 0.3) is 5.91 Å². The molecular weight excluding hydrogens is 516 g/mol. The zero-order chi connectivity index (χ0) is 27.1. The Morgan fingerprint density at radius 3 is 2.79 bits per heavy atom. The Morgan fingerprint density at radius 2 is 2.03 bits per heavy atom. The van der Waals surface area contributed by atoms with Crippen LogP contribution in [-0.2, 0) is 0 Å². The minimum Gasteiger partial charge on any atom is -0.493 e. The number of anilines is 3. The van der Waals surface area contributed by atoms with Crippen molar-refractivity contribution in [3.05, 3.63) is 59.2 Å². The number of amides is 3. The molecule has 5 heterocycles. The number of hydrogen-bond acceptors (Lipinski definition) is 8. The summed E-state index contributed by atoms with van der Waals surface area (Å²) < 4.78 is 11.4. The van der Waals surface area contributed by atoms with Crippen molar-refractivity contribution in [2.24, 2.45) is 0 Å². The molecule has 2 N–H and O–H groups in total. The normalized spacial score (nSPS) is 17.2. The standard InChI is InChI=1S/C28H28N6O4S/c1-16-13-18(38-21-9-5-4-8-20(21)37-3)14-30-25(16)34-19-10-11-29-27-22(19)23(32-28(34)36)24(39-27)26(35)31-17-7-6-12-33(2)15-17/h4-5,8-11,13-14,17H,6-7,12,15H2,1-3H3,(H,31,35)(H,32,36). The number of carbonyl (C=O) groups excluding carboxylic acids is 2. The highest BCUT2D eigenvalue weighted by molar-refractivity contribution is 7.21. The van der Waals surface area contributed by atoms with E-state index in [-0.39, 0.29) is 11.9 Å². The molecular formula is C28H28N6O4S. The minimum atomic E-state index is -0.395. The van der Waals surface area contributed by atoms with Gasteiger partial charge in [-0.25, -0.2) is 19.7 Å². The molecule has 1 atom stereocenters. The van der Waals surface area contributed by atoms with Crippen molar-refractivity contribution < 1.29 is 19.1 Å². The van der Waals surface area contributed by atoms with Gasteiger partial charge in [0.2, 0.25) is 0 Å². The van der Waals surface area contributed by atoms with E-state index in [0.717, 1.165) is 36.9 Å². The number of carbonyl (C=O) groups is 2. The van der Waals surface area contributed by atoms with Gasteiger partial charge in [0.05, 0.1) is 30.1 Å². The van der Waals surface area contributed by atoms with Gasteiger partial charge in [-0.2, -0.15) is 0 Å². The molecule has 1 fully saturated rings. The van der Waals surface area contributed by atoms with Crippen molar-refractivity contribution in [1.82, 2.24) is 20.2 Å². The summed E-state index contributed by atoms with van der Waals surface area (Å²) in [5.74, 6) is 1.95. The highest BCUT2D eigenvalue weighted by Crippen LogP contribution is 2.46. The Hall–Kier alpha value is -4.22. The number of likely N-dealkylation sites (tertiary alicyclic amines) is 1. The molecule has 10 nitrogen and oxygen atoms in total. The number of ether oxygens (including phenoxy) is 2. The van der Waals surface area contributed by atoms with Crippen molar-refractivity contribution >= 4 is 50.7 Å². The fourth-order valence-corrected chi connectivity index (χ4v) is 6.17. The van der Waals surface area contributed by atoms with Crippen LogP contribution in [0.2, 0.25) is 0 Å². The molecule has 2 aliphatic heterocycles. The van der Waals surface area contributed by atoms with Crippen LogP contribution in [0, 0.1) is 6.92 Å². The number of nitrogens with one attached hydrogen (secondary N) is 2. The maximum absolute atomic E-state index is 13.5. The summed E-state index contributed by atoms with van der Waals surface area (Å²) in [6.07, 6.45) is 5.19. The number of methoxy groups -OCH3 is 1. The average molecular weight is 545 g/mol. The Kier molecular flexibility index (Phi) is 6.53. The van der Waals surface area contributed by atoms with E-state index < -0.39 is 6.03 Å². The van der Waals surface area contributed by atoms with Crippen LogP contribution < -0.4 is 25.0 Å². The highest BCUT2D eigenvalue weighted by Gasteiger charge is 2.34. The molecule has 4 aromatic rings. The molecule has 1 saturated heterocycles. The first kappa shape index (κ1) is 25.1. The monoisotopic (exact) mass is 544 g/mol. The summed E-state index contributed by atoms with van der Waals surface area (Å²) in [4.78, 5) is 40.7. The lowest BCUT2D eigenvalue weighted by Gasteiger charge is -2.30. The third-order valence-corrected chi connectivity index (χ3v) is 8.04. The molecule has 0 radical (unpaired) electrons. The molecule has 200 valence electrons. The van der Waals surface area contributed by atoms with Crippen LogP contribution in [0.15, 0.2) is 48.8 Å². The van der Waals surface area contributed by atoms with Gasteiger partial charge < -0.3 is 25.0 Å². The number of aromatic nitrogens is 2. The summed E-state index contributed by atoms with van der Waals surface area (Å²) in [6, 6.07) is 10.6. The van der Waals surface area contributed by atoms with Crippen molar-refractivity contribution in [3.63, 3.8) is 0 Å². The summed E-state index contributed by atoms with van der Waals surface area (Å²) in [5.41, 5.74) is 1.86. The molecule has 3 amide bonds. The van der Waals surface area contributed by atoms with E-state index in [4.69, 9.17) is 9.47 Å².